The van der Waals surface area contributed by atoms with E-state index in [2.05, 4.69) is 5.32 Å². The zero-order valence-electron chi connectivity index (χ0n) is 7.63. The minimum absolute atomic E-state index is 0.0268. The average Bonchev–Trinajstić information content (AvgIpc) is 2.16. The Hall–Kier alpha value is -0.360. The van der Waals surface area contributed by atoms with E-state index in [1.807, 2.05) is 0 Å². The Kier molecular flexibility index (Phi) is 4.12. The third-order valence-corrected chi connectivity index (χ3v) is 3.30. The molecular formula is C8H13F2NO2S. The maximum Gasteiger partial charge on any atom is 0.375 e. The first-order valence-electron chi connectivity index (χ1n) is 4.45. The molecule has 0 aromatic heterocycles. The van der Waals surface area contributed by atoms with E-state index in [0.29, 0.717) is 0 Å². The van der Waals surface area contributed by atoms with Gasteiger partial charge in [0.1, 0.15) is 0 Å². The van der Waals surface area contributed by atoms with Crippen molar-refractivity contribution in [3.05, 3.63) is 0 Å². The maximum atomic E-state index is 12.6. The van der Waals surface area contributed by atoms with E-state index in [0.717, 1.165) is 24.3 Å². The Bertz CT molecular complexity index is 208. The average molecular weight is 225 g/mol. The molecule has 0 aromatic rings. The van der Waals surface area contributed by atoms with Gasteiger partial charge in [0.25, 0.3) is 0 Å². The monoisotopic (exact) mass is 225 g/mol. The molecule has 1 saturated heterocycles. The van der Waals surface area contributed by atoms with Crippen molar-refractivity contribution in [2.75, 3.05) is 18.1 Å². The Morgan fingerprint density at radius 3 is 2.86 bits per heavy atom. The molecule has 0 radical (unpaired) electrons. The first-order valence-corrected chi connectivity index (χ1v) is 5.60. The molecular weight excluding hydrogens is 212 g/mol. The van der Waals surface area contributed by atoms with Gasteiger partial charge in [-0.15, -0.1) is 0 Å². The van der Waals surface area contributed by atoms with Crippen LogP contribution >= 0.6 is 11.8 Å². The van der Waals surface area contributed by atoms with E-state index >= 15 is 0 Å². The number of hydrogen-bond donors (Lipinski definition) is 2. The van der Waals surface area contributed by atoms with Crippen molar-refractivity contribution in [1.82, 2.24) is 5.32 Å². The lowest BCUT2D eigenvalue weighted by atomic mass is 10.2. The number of nitrogens with one attached hydrogen (secondary N) is 1. The molecule has 1 aliphatic rings. The topological polar surface area (TPSA) is 49.3 Å². The second kappa shape index (κ2) is 4.93. The fourth-order valence-corrected chi connectivity index (χ4v) is 2.36. The second-order valence-electron chi connectivity index (χ2n) is 3.30. The molecule has 3 nitrogen and oxygen atoms in total. The van der Waals surface area contributed by atoms with Crippen LogP contribution in [0.2, 0.25) is 0 Å². The van der Waals surface area contributed by atoms with Gasteiger partial charge >= 0.3 is 11.9 Å². The van der Waals surface area contributed by atoms with Gasteiger partial charge in [0.2, 0.25) is 0 Å². The summed E-state index contributed by atoms with van der Waals surface area (Å²) in [5, 5.41) is 10.8. The lowest BCUT2D eigenvalue weighted by molar-refractivity contribution is -0.164. The third kappa shape index (κ3) is 3.42. The van der Waals surface area contributed by atoms with Crippen LogP contribution in [-0.2, 0) is 4.79 Å². The van der Waals surface area contributed by atoms with E-state index < -0.39 is 18.4 Å². The molecule has 0 amide bonds. The summed E-state index contributed by atoms with van der Waals surface area (Å²) in [5.41, 5.74) is 0. The Labute approximate surface area is 85.2 Å². The summed E-state index contributed by atoms with van der Waals surface area (Å²) >= 11 is 1.71. The molecule has 0 bridgehead atoms. The van der Waals surface area contributed by atoms with Crippen LogP contribution in [0.4, 0.5) is 8.78 Å². The molecule has 14 heavy (non-hydrogen) atoms. The van der Waals surface area contributed by atoms with Crippen LogP contribution in [-0.4, -0.2) is 41.1 Å². The Morgan fingerprint density at radius 2 is 2.36 bits per heavy atom. The first kappa shape index (κ1) is 11.7. The molecule has 6 heteroatoms. The van der Waals surface area contributed by atoms with Gasteiger partial charge in [-0.2, -0.15) is 20.5 Å². The quantitative estimate of drug-likeness (QED) is 0.754. The molecule has 1 atom stereocenters. The molecule has 1 heterocycles. The summed E-state index contributed by atoms with van der Waals surface area (Å²) in [7, 11) is 0. The molecule has 1 aliphatic heterocycles. The highest BCUT2D eigenvalue weighted by Crippen LogP contribution is 2.18. The molecule has 82 valence electrons. The number of halogens is 2. The van der Waals surface area contributed by atoms with E-state index in [1.54, 1.807) is 11.8 Å². The van der Waals surface area contributed by atoms with Crippen molar-refractivity contribution in [2.45, 2.75) is 24.8 Å². The van der Waals surface area contributed by atoms with Gasteiger partial charge in [0.15, 0.2) is 0 Å². The summed E-state index contributed by atoms with van der Waals surface area (Å²) in [4.78, 5) is 10.1. The molecule has 2 N–H and O–H groups in total. The number of carboxylic acids is 1. The van der Waals surface area contributed by atoms with Crippen molar-refractivity contribution in [2.24, 2.45) is 0 Å². The molecule has 0 spiro atoms. The third-order valence-electron chi connectivity index (χ3n) is 2.09. The normalized spacial score (nSPS) is 23.4. The van der Waals surface area contributed by atoms with Crippen molar-refractivity contribution < 1.29 is 18.7 Å². The molecule has 1 fully saturated rings. The summed E-state index contributed by atoms with van der Waals surface area (Å²) in [6, 6.07) is 0.0268. The summed E-state index contributed by atoms with van der Waals surface area (Å²) in [6.45, 7) is -0.770. The largest absolute Gasteiger partial charge is 0.477 e. The van der Waals surface area contributed by atoms with Crippen LogP contribution in [0.3, 0.4) is 0 Å². The van der Waals surface area contributed by atoms with Crippen molar-refractivity contribution in [1.29, 1.82) is 0 Å². The summed E-state index contributed by atoms with van der Waals surface area (Å²) < 4.78 is 25.3. The molecule has 0 aliphatic carbocycles. The highest BCUT2D eigenvalue weighted by Gasteiger charge is 2.38. The number of aliphatic carboxylic acids is 1. The minimum atomic E-state index is -3.65. The number of rotatable bonds is 4. The second-order valence-corrected chi connectivity index (χ2v) is 4.45. The number of thioether (sulfide) groups is 1. The molecule has 0 aromatic carbocycles. The van der Waals surface area contributed by atoms with Crippen LogP contribution in [0.15, 0.2) is 0 Å². The zero-order chi connectivity index (χ0) is 10.6. The van der Waals surface area contributed by atoms with E-state index in [-0.39, 0.29) is 6.04 Å². The predicted octanol–water partition coefficient (Wildman–Crippen LogP) is 1.19. The Balaban J connectivity index is 2.28. The lowest BCUT2D eigenvalue weighted by Gasteiger charge is -2.24. The number of carboxylic acid groups (broad SMARTS) is 1. The van der Waals surface area contributed by atoms with Crippen LogP contribution in [0.25, 0.3) is 0 Å². The molecule has 0 saturated carbocycles. The fraction of sp³-hybridized carbons (Fsp3) is 0.875. The molecule has 1 rings (SSSR count). The fourth-order valence-electron chi connectivity index (χ4n) is 1.25. The Morgan fingerprint density at radius 1 is 1.64 bits per heavy atom. The van der Waals surface area contributed by atoms with Crippen LogP contribution in [0.1, 0.15) is 12.8 Å². The van der Waals surface area contributed by atoms with Gasteiger partial charge in [-0.25, -0.2) is 4.79 Å². The van der Waals surface area contributed by atoms with Crippen molar-refractivity contribution in [3.63, 3.8) is 0 Å². The maximum absolute atomic E-state index is 12.6. The van der Waals surface area contributed by atoms with E-state index in [9.17, 15) is 13.6 Å². The lowest BCUT2D eigenvalue weighted by Crippen LogP contribution is -2.45. The minimum Gasteiger partial charge on any atom is -0.477 e. The van der Waals surface area contributed by atoms with Crippen LogP contribution < -0.4 is 5.32 Å². The number of carbonyl (C=O) groups is 1. The van der Waals surface area contributed by atoms with Crippen LogP contribution in [0.5, 0.6) is 0 Å². The van der Waals surface area contributed by atoms with Gasteiger partial charge < -0.3 is 10.4 Å². The van der Waals surface area contributed by atoms with Gasteiger partial charge in [-0.05, 0) is 18.6 Å². The summed E-state index contributed by atoms with van der Waals surface area (Å²) in [5.74, 6) is -3.86. The zero-order valence-corrected chi connectivity index (χ0v) is 8.45. The SMILES string of the molecule is O=C(O)C(F)(F)CNC1CCCSC1. The van der Waals surface area contributed by atoms with E-state index in [4.69, 9.17) is 5.11 Å². The first-order chi connectivity index (χ1) is 6.52. The number of alkyl halides is 2. The van der Waals surface area contributed by atoms with Crippen molar-refractivity contribution >= 4 is 17.7 Å². The predicted molar refractivity (Wildman–Crippen MR) is 50.9 cm³/mol. The van der Waals surface area contributed by atoms with Gasteiger partial charge in [-0.3, -0.25) is 0 Å². The standard InChI is InChI=1S/C8H13F2NO2S/c9-8(10,7(12)13)5-11-6-2-1-3-14-4-6/h6,11H,1-5H2,(H,12,13). The van der Waals surface area contributed by atoms with Crippen LogP contribution in [0, 0.1) is 0 Å². The highest BCUT2D eigenvalue weighted by atomic mass is 32.2. The van der Waals surface area contributed by atoms with Crippen molar-refractivity contribution in [3.8, 4) is 0 Å². The summed E-state index contributed by atoms with van der Waals surface area (Å²) in [6.07, 6.45) is 1.85. The molecule has 1 unspecified atom stereocenters. The highest BCUT2D eigenvalue weighted by molar-refractivity contribution is 7.99. The van der Waals surface area contributed by atoms with Gasteiger partial charge in [-0.1, -0.05) is 0 Å². The smallest absolute Gasteiger partial charge is 0.375 e. The van der Waals surface area contributed by atoms with Gasteiger partial charge in [0.05, 0.1) is 6.54 Å². The number of hydrogen-bond acceptors (Lipinski definition) is 3. The van der Waals surface area contributed by atoms with E-state index in [1.165, 1.54) is 0 Å². The van der Waals surface area contributed by atoms with Gasteiger partial charge in [0, 0.05) is 11.8 Å².